The van der Waals surface area contributed by atoms with Gasteiger partial charge in [0.15, 0.2) is 0 Å². The van der Waals surface area contributed by atoms with Crippen LogP contribution in [0.25, 0.3) is 0 Å². The summed E-state index contributed by atoms with van der Waals surface area (Å²) in [6.45, 7) is 4.28. The van der Waals surface area contributed by atoms with E-state index in [1.165, 1.54) is 0 Å². The fourth-order valence-corrected chi connectivity index (χ4v) is 3.44. The molecule has 0 fully saturated rings. The van der Waals surface area contributed by atoms with Gasteiger partial charge in [-0.05, 0) is 43.5 Å². The molecule has 1 heterocycles. The van der Waals surface area contributed by atoms with Crippen molar-refractivity contribution in [1.82, 2.24) is 15.1 Å². The summed E-state index contributed by atoms with van der Waals surface area (Å²) >= 11 is 12.4. The summed E-state index contributed by atoms with van der Waals surface area (Å²) in [7, 11) is 0. The Kier molecular flexibility index (Phi) is 6.19. The van der Waals surface area contributed by atoms with Crippen LogP contribution in [0.5, 0.6) is 0 Å². The van der Waals surface area contributed by atoms with E-state index in [0.717, 1.165) is 11.1 Å². The number of aryl methyl sites for hydroxylation is 1. The van der Waals surface area contributed by atoms with Crippen LogP contribution in [0.4, 0.5) is 0 Å². The van der Waals surface area contributed by atoms with Gasteiger partial charge < -0.3 is 5.32 Å². The largest absolute Gasteiger partial charge is 0.349 e. The minimum Gasteiger partial charge on any atom is -0.349 e. The third-order valence-corrected chi connectivity index (χ3v) is 4.94. The first-order chi connectivity index (χ1) is 12.9. The Balaban J connectivity index is 1.70. The van der Waals surface area contributed by atoms with Crippen molar-refractivity contribution in [3.05, 3.63) is 87.2 Å². The predicted octanol–water partition coefficient (Wildman–Crippen LogP) is 4.91. The number of nitrogens with one attached hydrogen (secondary N) is 1. The Hall–Kier alpha value is -2.30. The zero-order valence-corrected chi connectivity index (χ0v) is 16.8. The Labute approximate surface area is 169 Å². The number of hydrogen-bond acceptors (Lipinski definition) is 2. The van der Waals surface area contributed by atoms with Gasteiger partial charge in [-0.25, -0.2) is 4.68 Å². The predicted molar refractivity (Wildman–Crippen MR) is 110 cm³/mol. The highest BCUT2D eigenvalue weighted by atomic mass is 35.5. The standard InChI is InChI=1S/C21H21Cl2N3O/c1-14(12-16-8-10-18(22)11-9-16)24-21(27)19-15(2)25-26(20(19)23)13-17-6-4-3-5-7-17/h3-11,14H,12-13H2,1-2H3,(H,24,27). The van der Waals surface area contributed by atoms with Crippen molar-refractivity contribution in [1.29, 1.82) is 0 Å². The van der Waals surface area contributed by atoms with Gasteiger partial charge in [0.2, 0.25) is 0 Å². The number of carbonyl (C=O) groups is 1. The monoisotopic (exact) mass is 401 g/mol. The van der Waals surface area contributed by atoms with E-state index in [0.29, 0.717) is 34.4 Å². The van der Waals surface area contributed by atoms with Gasteiger partial charge in [-0.1, -0.05) is 65.7 Å². The lowest BCUT2D eigenvalue weighted by Gasteiger charge is -2.14. The number of halogens is 2. The number of hydrogen-bond donors (Lipinski definition) is 1. The molecule has 0 aliphatic carbocycles. The SMILES string of the molecule is Cc1nn(Cc2ccccc2)c(Cl)c1C(=O)NC(C)Cc1ccc(Cl)cc1. The molecule has 1 aromatic heterocycles. The average Bonchev–Trinajstić information content (AvgIpc) is 2.91. The topological polar surface area (TPSA) is 46.9 Å². The molecule has 1 atom stereocenters. The second kappa shape index (κ2) is 8.59. The van der Waals surface area contributed by atoms with Crippen LogP contribution in [0.2, 0.25) is 10.2 Å². The molecule has 2 aromatic carbocycles. The van der Waals surface area contributed by atoms with Gasteiger partial charge >= 0.3 is 0 Å². The lowest BCUT2D eigenvalue weighted by atomic mass is 10.1. The zero-order chi connectivity index (χ0) is 19.4. The van der Waals surface area contributed by atoms with E-state index in [1.54, 1.807) is 11.6 Å². The molecule has 140 valence electrons. The number of benzene rings is 2. The second-order valence-corrected chi connectivity index (χ2v) is 7.39. The highest BCUT2D eigenvalue weighted by Crippen LogP contribution is 2.21. The minimum atomic E-state index is -0.210. The first-order valence-electron chi connectivity index (χ1n) is 8.76. The summed E-state index contributed by atoms with van der Waals surface area (Å²) in [5.74, 6) is -0.210. The van der Waals surface area contributed by atoms with E-state index in [2.05, 4.69) is 10.4 Å². The van der Waals surface area contributed by atoms with Crippen molar-refractivity contribution in [3.8, 4) is 0 Å². The average molecular weight is 402 g/mol. The fourth-order valence-electron chi connectivity index (χ4n) is 2.99. The number of carbonyl (C=O) groups excluding carboxylic acids is 1. The van der Waals surface area contributed by atoms with Crippen LogP contribution in [-0.4, -0.2) is 21.7 Å². The van der Waals surface area contributed by atoms with Crippen LogP contribution >= 0.6 is 23.2 Å². The molecule has 3 rings (SSSR count). The minimum absolute atomic E-state index is 0.0494. The van der Waals surface area contributed by atoms with Gasteiger partial charge in [0, 0.05) is 11.1 Å². The van der Waals surface area contributed by atoms with E-state index in [-0.39, 0.29) is 11.9 Å². The molecule has 27 heavy (non-hydrogen) atoms. The molecule has 0 aliphatic rings. The molecule has 1 amide bonds. The zero-order valence-electron chi connectivity index (χ0n) is 15.2. The first kappa shape index (κ1) is 19.5. The van der Waals surface area contributed by atoms with Gasteiger partial charge in [0.25, 0.3) is 5.91 Å². The number of rotatable bonds is 6. The summed E-state index contributed by atoms with van der Waals surface area (Å²) in [5, 5.41) is 8.50. The van der Waals surface area contributed by atoms with E-state index in [9.17, 15) is 4.79 Å². The highest BCUT2D eigenvalue weighted by molar-refractivity contribution is 6.33. The molecule has 0 spiro atoms. The maximum absolute atomic E-state index is 12.7. The molecule has 0 radical (unpaired) electrons. The van der Waals surface area contributed by atoms with Crippen molar-refractivity contribution in [2.45, 2.75) is 32.9 Å². The van der Waals surface area contributed by atoms with Crippen molar-refractivity contribution in [2.75, 3.05) is 0 Å². The molecule has 6 heteroatoms. The molecule has 0 bridgehead atoms. The van der Waals surface area contributed by atoms with Crippen LogP contribution in [-0.2, 0) is 13.0 Å². The highest BCUT2D eigenvalue weighted by Gasteiger charge is 2.21. The maximum Gasteiger partial charge on any atom is 0.256 e. The normalized spacial score (nSPS) is 12.0. The lowest BCUT2D eigenvalue weighted by Crippen LogP contribution is -2.34. The summed E-state index contributed by atoms with van der Waals surface area (Å²) in [4.78, 5) is 12.7. The summed E-state index contributed by atoms with van der Waals surface area (Å²) in [5.41, 5.74) is 3.22. The summed E-state index contributed by atoms with van der Waals surface area (Å²) in [6, 6.07) is 17.5. The van der Waals surface area contributed by atoms with Crippen LogP contribution in [0, 0.1) is 6.92 Å². The second-order valence-electron chi connectivity index (χ2n) is 6.60. The molecule has 0 saturated heterocycles. The van der Waals surface area contributed by atoms with Gasteiger partial charge in [-0.3, -0.25) is 4.79 Å². The van der Waals surface area contributed by atoms with E-state index >= 15 is 0 Å². The van der Waals surface area contributed by atoms with E-state index in [1.807, 2.05) is 61.5 Å². The summed E-state index contributed by atoms with van der Waals surface area (Å²) < 4.78 is 1.66. The summed E-state index contributed by atoms with van der Waals surface area (Å²) in [6.07, 6.45) is 0.706. The van der Waals surface area contributed by atoms with E-state index in [4.69, 9.17) is 23.2 Å². The van der Waals surface area contributed by atoms with Crippen molar-refractivity contribution < 1.29 is 4.79 Å². The first-order valence-corrected chi connectivity index (χ1v) is 9.51. The molecule has 0 aliphatic heterocycles. The Morgan fingerprint density at radius 1 is 1.07 bits per heavy atom. The molecule has 4 nitrogen and oxygen atoms in total. The van der Waals surface area contributed by atoms with Gasteiger partial charge in [-0.2, -0.15) is 5.10 Å². The van der Waals surface area contributed by atoms with Crippen LogP contribution < -0.4 is 5.32 Å². The number of aromatic nitrogens is 2. The third-order valence-electron chi connectivity index (χ3n) is 4.30. The van der Waals surface area contributed by atoms with Crippen LogP contribution in [0.15, 0.2) is 54.6 Å². The van der Waals surface area contributed by atoms with Gasteiger partial charge in [-0.15, -0.1) is 0 Å². The quantitative estimate of drug-likeness (QED) is 0.637. The third kappa shape index (κ3) is 4.90. The van der Waals surface area contributed by atoms with Gasteiger partial charge in [0.1, 0.15) is 5.15 Å². The van der Waals surface area contributed by atoms with Crippen LogP contribution in [0.3, 0.4) is 0 Å². The Bertz CT molecular complexity index is 921. The number of amides is 1. The fraction of sp³-hybridized carbons (Fsp3) is 0.238. The van der Waals surface area contributed by atoms with Crippen molar-refractivity contribution >= 4 is 29.1 Å². The molecular formula is C21H21Cl2N3O. The van der Waals surface area contributed by atoms with Gasteiger partial charge in [0.05, 0.1) is 17.8 Å². The molecular weight excluding hydrogens is 381 g/mol. The molecule has 1 N–H and O–H groups in total. The maximum atomic E-state index is 12.7. The lowest BCUT2D eigenvalue weighted by molar-refractivity contribution is 0.0939. The number of nitrogens with zero attached hydrogens (tertiary/aromatic N) is 2. The van der Waals surface area contributed by atoms with Crippen LogP contribution in [0.1, 0.15) is 34.1 Å². The molecule has 3 aromatic rings. The Morgan fingerprint density at radius 3 is 2.41 bits per heavy atom. The van der Waals surface area contributed by atoms with E-state index < -0.39 is 0 Å². The van der Waals surface area contributed by atoms with Crippen molar-refractivity contribution in [2.24, 2.45) is 0 Å². The molecule has 0 saturated carbocycles. The smallest absolute Gasteiger partial charge is 0.256 e. The van der Waals surface area contributed by atoms with Crippen molar-refractivity contribution in [3.63, 3.8) is 0 Å². The Morgan fingerprint density at radius 2 is 1.74 bits per heavy atom. The molecule has 1 unspecified atom stereocenters.